The van der Waals surface area contributed by atoms with Gasteiger partial charge in [0.2, 0.25) is 5.28 Å². The molecule has 1 heterocycles. The molecule has 4 nitrogen and oxygen atoms in total. The quantitative estimate of drug-likeness (QED) is 0.788. The molecule has 0 aromatic carbocycles. The fraction of sp³-hybridized carbons (Fsp3) is 0.500. The predicted octanol–water partition coefficient (Wildman–Crippen LogP) is 1.92. The number of nitrogens with one attached hydrogen (secondary N) is 1. The topological polar surface area (TPSA) is 58.0 Å². The van der Waals surface area contributed by atoms with Crippen molar-refractivity contribution in [2.24, 2.45) is 0 Å². The number of nitrogens with zero attached hydrogens (tertiary/aromatic N) is 2. The van der Waals surface area contributed by atoms with E-state index in [1.807, 2.05) is 0 Å². The minimum atomic E-state index is -0.626. The smallest absolute Gasteiger partial charge is 0.224 e. The first-order chi connectivity index (χ1) is 7.17. The third-order valence-corrected chi connectivity index (χ3v) is 2.18. The summed E-state index contributed by atoms with van der Waals surface area (Å²) in [6, 6.07) is -0.529. The second-order valence-corrected chi connectivity index (χ2v) is 3.59. The lowest BCUT2D eigenvalue weighted by Gasteiger charge is -2.15. The number of halogens is 3. The molecule has 1 aromatic rings. The molecular weight excluding hydrogens is 244 g/mol. The Bertz CT molecular complexity index is 327. The van der Waals surface area contributed by atoms with Gasteiger partial charge in [0.15, 0.2) is 0 Å². The molecule has 0 saturated heterocycles. The first-order valence-electron chi connectivity index (χ1n) is 4.28. The lowest BCUT2D eigenvalue weighted by atomic mass is 10.2. The lowest BCUT2D eigenvalue weighted by molar-refractivity contribution is 0.268. The SMILES string of the molecule is OCCC(CF)Nc1nc(Cl)ncc1Cl. The summed E-state index contributed by atoms with van der Waals surface area (Å²) < 4.78 is 12.5. The highest BCUT2D eigenvalue weighted by Gasteiger charge is 2.11. The van der Waals surface area contributed by atoms with Crippen LogP contribution in [0.25, 0.3) is 0 Å². The monoisotopic (exact) mass is 253 g/mol. The fourth-order valence-corrected chi connectivity index (χ4v) is 1.26. The second-order valence-electron chi connectivity index (χ2n) is 2.84. The molecule has 0 aliphatic carbocycles. The summed E-state index contributed by atoms with van der Waals surface area (Å²) in [5, 5.41) is 11.7. The van der Waals surface area contributed by atoms with Crippen molar-refractivity contribution in [1.29, 1.82) is 0 Å². The Hall–Kier alpha value is -0.650. The van der Waals surface area contributed by atoms with Gasteiger partial charge in [-0.1, -0.05) is 11.6 Å². The van der Waals surface area contributed by atoms with E-state index in [1.54, 1.807) is 0 Å². The molecule has 0 fully saturated rings. The molecule has 0 spiro atoms. The molecular formula is C8H10Cl2FN3O. The molecule has 7 heteroatoms. The molecule has 0 amide bonds. The van der Waals surface area contributed by atoms with E-state index in [-0.39, 0.29) is 29.2 Å². The molecule has 15 heavy (non-hydrogen) atoms. The Kier molecular flexibility index (Phi) is 5.01. The van der Waals surface area contributed by atoms with Gasteiger partial charge in [-0.3, -0.25) is 0 Å². The van der Waals surface area contributed by atoms with E-state index in [0.29, 0.717) is 0 Å². The first kappa shape index (κ1) is 12.4. The zero-order valence-corrected chi connectivity index (χ0v) is 9.26. The van der Waals surface area contributed by atoms with Gasteiger partial charge in [-0.25, -0.2) is 9.37 Å². The average molecular weight is 254 g/mol. The van der Waals surface area contributed by atoms with E-state index in [1.165, 1.54) is 6.20 Å². The van der Waals surface area contributed by atoms with Crippen molar-refractivity contribution < 1.29 is 9.50 Å². The van der Waals surface area contributed by atoms with E-state index in [0.717, 1.165) is 0 Å². The highest BCUT2D eigenvalue weighted by atomic mass is 35.5. The number of aromatic nitrogens is 2. The molecule has 0 aliphatic heterocycles. The number of hydrogen-bond acceptors (Lipinski definition) is 4. The molecule has 2 N–H and O–H groups in total. The maximum atomic E-state index is 12.5. The number of hydrogen-bond donors (Lipinski definition) is 2. The van der Waals surface area contributed by atoms with Gasteiger partial charge in [0, 0.05) is 6.61 Å². The van der Waals surface area contributed by atoms with Crippen molar-refractivity contribution in [2.75, 3.05) is 18.6 Å². The van der Waals surface area contributed by atoms with Crippen LogP contribution < -0.4 is 5.32 Å². The van der Waals surface area contributed by atoms with E-state index in [9.17, 15) is 4.39 Å². The summed E-state index contributed by atoms with van der Waals surface area (Å²) in [5.41, 5.74) is 0. The summed E-state index contributed by atoms with van der Waals surface area (Å²) in [5.74, 6) is 0.271. The summed E-state index contributed by atoms with van der Waals surface area (Å²) in [7, 11) is 0. The van der Waals surface area contributed by atoms with Gasteiger partial charge < -0.3 is 10.4 Å². The van der Waals surface area contributed by atoms with Crippen LogP contribution >= 0.6 is 23.2 Å². The summed E-state index contributed by atoms with van der Waals surface area (Å²) in [4.78, 5) is 7.46. The maximum Gasteiger partial charge on any atom is 0.224 e. The van der Waals surface area contributed by atoms with Crippen LogP contribution in [0.1, 0.15) is 6.42 Å². The molecule has 0 radical (unpaired) electrons. The zero-order valence-electron chi connectivity index (χ0n) is 7.75. The highest BCUT2D eigenvalue weighted by Crippen LogP contribution is 2.20. The fourth-order valence-electron chi connectivity index (χ4n) is 0.984. The van der Waals surface area contributed by atoms with Crippen molar-refractivity contribution in [1.82, 2.24) is 9.97 Å². The summed E-state index contributed by atoms with van der Waals surface area (Å²) >= 11 is 11.3. The van der Waals surface area contributed by atoms with Gasteiger partial charge in [0.1, 0.15) is 17.5 Å². The lowest BCUT2D eigenvalue weighted by Crippen LogP contribution is -2.24. The summed E-state index contributed by atoms with van der Waals surface area (Å²) in [6.07, 6.45) is 1.60. The maximum absolute atomic E-state index is 12.5. The van der Waals surface area contributed by atoms with Crippen molar-refractivity contribution in [3.8, 4) is 0 Å². The van der Waals surface area contributed by atoms with Crippen LogP contribution in [-0.2, 0) is 0 Å². The Morgan fingerprint density at radius 1 is 1.53 bits per heavy atom. The zero-order chi connectivity index (χ0) is 11.3. The molecule has 0 bridgehead atoms. The Morgan fingerprint density at radius 3 is 2.87 bits per heavy atom. The number of rotatable bonds is 5. The minimum absolute atomic E-state index is 0.0310. The van der Waals surface area contributed by atoms with Crippen LogP contribution in [0, 0.1) is 0 Å². The molecule has 0 saturated carbocycles. The molecule has 84 valence electrons. The van der Waals surface area contributed by atoms with Crippen LogP contribution in [-0.4, -0.2) is 34.4 Å². The number of aliphatic hydroxyl groups excluding tert-OH is 1. The third-order valence-electron chi connectivity index (χ3n) is 1.72. The number of alkyl halides is 1. The first-order valence-corrected chi connectivity index (χ1v) is 5.04. The van der Waals surface area contributed by atoms with Gasteiger partial charge in [-0.05, 0) is 18.0 Å². The van der Waals surface area contributed by atoms with E-state index >= 15 is 0 Å². The van der Waals surface area contributed by atoms with Crippen molar-refractivity contribution >= 4 is 29.0 Å². The van der Waals surface area contributed by atoms with Crippen LogP contribution in [0.2, 0.25) is 10.3 Å². The predicted molar refractivity (Wildman–Crippen MR) is 57.1 cm³/mol. The van der Waals surface area contributed by atoms with Gasteiger partial charge in [-0.15, -0.1) is 0 Å². The second kappa shape index (κ2) is 6.05. The number of anilines is 1. The van der Waals surface area contributed by atoms with Crippen molar-refractivity contribution in [3.63, 3.8) is 0 Å². The van der Waals surface area contributed by atoms with Crippen LogP contribution in [0.15, 0.2) is 6.20 Å². The molecule has 0 aliphatic rings. The van der Waals surface area contributed by atoms with E-state index < -0.39 is 12.7 Å². The Balaban J connectivity index is 2.73. The standard InChI is InChI=1S/C8H10Cl2FN3O/c9-6-4-12-8(10)14-7(6)13-5(3-11)1-2-15/h4-5,15H,1-3H2,(H,12,13,14). The van der Waals surface area contributed by atoms with Gasteiger partial charge >= 0.3 is 0 Å². The number of aliphatic hydroxyl groups is 1. The van der Waals surface area contributed by atoms with Crippen molar-refractivity contribution in [3.05, 3.63) is 16.5 Å². The van der Waals surface area contributed by atoms with Crippen LogP contribution in [0.4, 0.5) is 10.2 Å². The third kappa shape index (κ3) is 3.77. The summed E-state index contributed by atoms with van der Waals surface area (Å²) in [6.45, 7) is -0.740. The molecule has 1 atom stereocenters. The molecule has 1 unspecified atom stereocenters. The highest BCUT2D eigenvalue weighted by molar-refractivity contribution is 6.33. The normalized spacial score (nSPS) is 12.5. The van der Waals surface area contributed by atoms with Crippen molar-refractivity contribution in [2.45, 2.75) is 12.5 Å². The largest absolute Gasteiger partial charge is 0.396 e. The van der Waals surface area contributed by atoms with Crippen LogP contribution in [0.5, 0.6) is 0 Å². The van der Waals surface area contributed by atoms with E-state index in [4.69, 9.17) is 28.3 Å². The average Bonchev–Trinajstić information content (AvgIpc) is 2.22. The molecule has 1 rings (SSSR count). The van der Waals surface area contributed by atoms with Gasteiger partial charge in [-0.2, -0.15) is 4.98 Å². The van der Waals surface area contributed by atoms with E-state index in [2.05, 4.69) is 15.3 Å². The van der Waals surface area contributed by atoms with Gasteiger partial charge in [0.25, 0.3) is 0 Å². The Morgan fingerprint density at radius 2 is 2.27 bits per heavy atom. The minimum Gasteiger partial charge on any atom is -0.396 e. The molecule has 1 aromatic heterocycles. The Labute approximate surface area is 96.4 Å². The van der Waals surface area contributed by atoms with Crippen LogP contribution in [0.3, 0.4) is 0 Å². The van der Waals surface area contributed by atoms with Gasteiger partial charge in [0.05, 0.1) is 12.2 Å².